The van der Waals surface area contributed by atoms with Crippen LogP contribution in [-0.2, 0) is 0 Å². The Hall–Kier alpha value is -1.78. The van der Waals surface area contributed by atoms with Crippen LogP contribution in [0.15, 0.2) is 48.5 Å². The van der Waals surface area contributed by atoms with Crippen LogP contribution in [0.25, 0.3) is 0 Å². The van der Waals surface area contributed by atoms with Crippen molar-refractivity contribution in [3.05, 3.63) is 71.3 Å². The van der Waals surface area contributed by atoms with E-state index in [1.54, 1.807) is 12.1 Å². The van der Waals surface area contributed by atoms with Gasteiger partial charge in [0.2, 0.25) is 0 Å². The quantitative estimate of drug-likeness (QED) is 0.632. The SMILES string of the molecule is NNC(c1ccccc1)c1cccc(F)c1F. The molecule has 0 bridgehead atoms. The first-order chi connectivity index (χ1) is 8.24. The van der Waals surface area contributed by atoms with Crippen molar-refractivity contribution in [2.75, 3.05) is 0 Å². The summed E-state index contributed by atoms with van der Waals surface area (Å²) < 4.78 is 26.8. The molecule has 4 heteroatoms. The molecule has 0 aliphatic rings. The summed E-state index contributed by atoms with van der Waals surface area (Å²) >= 11 is 0. The van der Waals surface area contributed by atoms with Crippen LogP contribution in [0.3, 0.4) is 0 Å². The lowest BCUT2D eigenvalue weighted by atomic mass is 9.99. The van der Waals surface area contributed by atoms with Gasteiger partial charge in [-0.2, -0.15) is 0 Å². The maximum absolute atomic E-state index is 13.7. The van der Waals surface area contributed by atoms with Crippen LogP contribution in [-0.4, -0.2) is 0 Å². The normalized spacial score (nSPS) is 12.4. The smallest absolute Gasteiger partial charge is 0.163 e. The fourth-order valence-electron chi connectivity index (χ4n) is 1.75. The van der Waals surface area contributed by atoms with E-state index >= 15 is 0 Å². The minimum Gasteiger partial charge on any atom is -0.271 e. The van der Waals surface area contributed by atoms with Crippen LogP contribution >= 0.6 is 0 Å². The summed E-state index contributed by atoms with van der Waals surface area (Å²) in [5, 5.41) is 0. The van der Waals surface area contributed by atoms with Gasteiger partial charge in [-0.15, -0.1) is 0 Å². The van der Waals surface area contributed by atoms with E-state index in [2.05, 4.69) is 5.43 Å². The molecule has 0 radical (unpaired) electrons. The summed E-state index contributed by atoms with van der Waals surface area (Å²) in [6.07, 6.45) is 0. The Bertz CT molecular complexity index is 500. The van der Waals surface area contributed by atoms with Gasteiger partial charge < -0.3 is 0 Å². The van der Waals surface area contributed by atoms with Crippen LogP contribution in [0.2, 0.25) is 0 Å². The van der Waals surface area contributed by atoms with E-state index in [4.69, 9.17) is 5.84 Å². The Balaban J connectivity index is 2.46. The summed E-state index contributed by atoms with van der Waals surface area (Å²) in [5.41, 5.74) is 3.47. The zero-order valence-corrected chi connectivity index (χ0v) is 9.03. The first-order valence-corrected chi connectivity index (χ1v) is 5.19. The molecule has 2 aromatic rings. The van der Waals surface area contributed by atoms with Crippen LogP contribution < -0.4 is 11.3 Å². The molecule has 2 nitrogen and oxygen atoms in total. The molecule has 0 aliphatic carbocycles. The Morgan fingerprint density at radius 1 is 0.941 bits per heavy atom. The summed E-state index contributed by atoms with van der Waals surface area (Å²) in [6.45, 7) is 0. The van der Waals surface area contributed by atoms with Crippen LogP contribution in [0.1, 0.15) is 17.2 Å². The van der Waals surface area contributed by atoms with Gasteiger partial charge in [-0.3, -0.25) is 5.84 Å². The first-order valence-electron chi connectivity index (χ1n) is 5.19. The minimum atomic E-state index is -0.876. The second-order valence-corrected chi connectivity index (χ2v) is 3.65. The van der Waals surface area contributed by atoms with Crippen molar-refractivity contribution in [2.24, 2.45) is 5.84 Å². The molecule has 0 aromatic heterocycles. The van der Waals surface area contributed by atoms with E-state index < -0.39 is 17.7 Å². The Morgan fingerprint density at radius 2 is 1.65 bits per heavy atom. The van der Waals surface area contributed by atoms with Gasteiger partial charge in [-0.05, 0) is 11.6 Å². The monoisotopic (exact) mass is 234 g/mol. The predicted octanol–water partition coefficient (Wildman–Crippen LogP) is 2.52. The van der Waals surface area contributed by atoms with Gasteiger partial charge in [-0.25, -0.2) is 14.2 Å². The summed E-state index contributed by atoms with van der Waals surface area (Å²) in [7, 11) is 0. The molecule has 2 aromatic carbocycles. The summed E-state index contributed by atoms with van der Waals surface area (Å²) in [4.78, 5) is 0. The largest absolute Gasteiger partial charge is 0.271 e. The van der Waals surface area contributed by atoms with Gasteiger partial charge in [0.25, 0.3) is 0 Å². The molecule has 0 saturated heterocycles. The molecule has 88 valence electrons. The first kappa shape index (κ1) is 11.7. The van der Waals surface area contributed by atoms with Crippen molar-refractivity contribution in [1.29, 1.82) is 0 Å². The molecular weight excluding hydrogens is 222 g/mol. The highest BCUT2D eigenvalue weighted by molar-refractivity contribution is 5.32. The number of nitrogens with two attached hydrogens (primary N) is 1. The molecular formula is C13H12F2N2. The Labute approximate surface area is 98.0 Å². The van der Waals surface area contributed by atoms with Crippen molar-refractivity contribution in [2.45, 2.75) is 6.04 Å². The van der Waals surface area contributed by atoms with Gasteiger partial charge in [0.15, 0.2) is 11.6 Å². The lowest BCUT2D eigenvalue weighted by Crippen LogP contribution is -2.29. The second kappa shape index (κ2) is 5.03. The zero-order chi connectivity index (χ0) is 12.3. The van der Waals surface area contributed by atoms with E-state index in [9.17, 15) is 8.78 Å². The average Bonchev–Trinajstić information content (AvgIpc) is 2.37. The number of rotatable bonds is 3. The third kappa shape index (κ3) is 2.33. The third-order valence-electron chi connectivity index (χ3n) is 2.59. The minimum absolute atomic E-state index is 0.193. The number of nitrogens with one attached hydrogen (secondary N) is 1. The van der Waals surface area contributed by atoms with E-state index in [-0.39, 0.29) is 5.56 Å². The van der Waals surface area contributed by atoms with Gasteiger partial charge in [0.1, 0.15) is 0 Å². The molecule has 2 rings (SSSR count). The van der Waals surface area contributed by atoms with Crippen molar-refractivity contribution >= 4 is 0 Å². The maximum atomic E-state index is 13.7. The van der Waals surface area contributed by atoms with Gasteiger partial charge in [-0.1, -0.05) is 42.5 Å². The molecule has 0 spiro atoms. The van der Waals surface area contributed by atoms with Crippen LogP contribution in [0.4, 0.5) is 8.78 Å². The fraction of sp³-hybridized carbons (Fsp3) is 0.0769. The lowest BCUT2D eigenvalue weighted by Gasteiger charge is -2.17. The van der Waals surface area contributed by atoms with Crippen LogP contribution in [0.5, 0.6) is 0 Å². The zero-order valence-electron chi connectivity index (χ0n) is 9.03. The molecule has 1 atom stereocenters. The number of hydrogen-bond acceptors (Lipinski definition) is 2. The van der Waals surface area contributed by atoms with Gasteiger partial charge >= 0.3 is 0 Å². The molecule has 17 heavy (non-hydrogen) atoms. The standard InChI is InChI=1S/C13H12F2N2/c14-11-8-4-7-10(12(11)15)13(17-16)9-5-2-1-3-6-9/h1-8,13,17H,16H2. The second-order valence-electron chi connectivity index (χ2n) is 3.65. The van der Waals surface area contributed by atoms with E-state index in [0.717, 1.165) is 11.6 Å². The van der Waals surface area contributed by atoms with Gasteiger partial charge in [0, 0.05) is 5.56 Å². The van der Waals surface area contributed by atoms with Crippen molar-refractivity contribution < 1.29 is 8.78 Å². The molecule has 0 amide bonds. The highest BCUT2D eigenvalue weighted by atomic mass is 19.2. The Morgan fingerprint density at radius 3 is 2.29 bits per heavy atom. The predicted molar refractivity (Wildman–Crippen MR) is 62.0 cm³/mol. The highest BCUT2D eigenvalue weighted by Crippen LogP contribution is 2.24. The lowest BCUT2D eigenvalue weighted by molar-refractivity contribution is 0.483. The van der Waals surface area contributed by atoms with E-state index in [0.29, 0.717) is 0 Å². The molecule has 3 N–H and O–H groups in total. The molecule has 0 heterocycles. The number of hydrogen-bond donors (Lipinski definition) is 2. The molecule has 0 fully saturated rings. The average molecular weight is 234 g/mol. The van der Waals surface area contributed by atoms with Crippen molar-refractivity contribution in [1.82, 2.24) is 5.43 Å². The van der Waals surface area contributed by atoms with E-state index in [1.807, 2.05) is 18.2 Å². The topological polar surface area (TPSA) is 38.0 Å². The summed E-state index contributed by atoms with van der Waals surface area (Å²) in [6, 6.07) is 12.6. The summed E-state index contributed by atoms with van der Waals surface area (Å²) in [5.74, 6) is 3.66. The molecule has 0 aliphatic heterocycles. The fourth-order valence-corrected chi connectivity index (χ4v) is 1.75. The molecule has 0 saturated carbocycles. The van der Waals surface area contributed by atoms with Gasteiger partial charge in [0.05, 0.1) is 6.04 Å². The van der Waals surface area contributed by atoms with Crippen molar-refractivity contribution in [3.63, 3.8) is 0 Å². The highest BCUT2D eigenvalue weighted by Gasteiger charge is 2.18. The third-order valence-corrected chi connectivity index (χ3v) is 2.59. The Kier molecular flexibility index (Phi) is 3.46. The van der Waals surface area contributed by atoms with Crippen molar-refractivity contribution in [3.8, 4) is 0 Å². The van der Waals surface area contributed by atoms with Crippen LogP contribution in [0, 0.1) is 11.6 Å². The van der Waals surface area contributed by atoms with E-state index in [1.165, 1.54) is 12.1 Å². The number of benzene rings is 2. The maximum Gasteiger partial charge on any atom is 0.163 e. The number of hydrazine groups is 1. The number of halogens is 2. The molecule has 1 unspecified atom stereocenters.